The molecule has 0 saturated carbocycles. The quantitative estimate of drug-likeness (QED) is 0.602. The molecule has 0 saturated heterocycles. The molecule has 0 spiro atoms. The topological polar surface area (TPSA) is 47.7 Å². The van der Waals surface area contributed by atoms with Gasteiger partial charge in [-0.3, -0.25) is 4.90 Å². The summed E-state index contributed by atoms with van der Waals surface area (Å²) >= 11 is 0. The second-order valence-corrected chi connectivity index (χ2v) is 5.98. The van der Waals surface area contributed by atoms with E-state index in [0.29, 0.717) is 12.4 Å². The van der Waals surface area contributed by atoms with E-state index in [1.165, 1.54) is 0 Å². The lowest BCUT2D eigenvalue weighted by Crippen LogP contribution is -2.22. The van der Waals surface area contributed by atoms with Crippen molar-refractivity contribution in [2.24, 2.45) is 0 Å². The summed E-state index contributed by atoms with van der Waals surface area (Å²) in [5.41, 5.74) is 2.19. The molecule has 0 unspecified atom stereocenters. The third kappa shape index (κ3) is 4.24. The Morgan fingerprint density at radius 2 is 1.73 bits per heavy atom. The van der Waals surface area contributed by atoms with Gasteiger partial charge in [0, 0.05) is 12.1 Å². The Labute approximate surface area is 154 Å². The maximum atomic E-state index is 5.92. The van der Waals surface area contributed by atoms with Crippen molar-refractivity contribution in [1.29, 1.82) is 0 Å². The second kappa shape index (κ2) is 8.54. The zero-order valence-corrected chi connectivity index (χ0v) is 15.4. The van der Waals surface area contributed by atoms with E-state index in [4.69, 9.17) is 13.9 Å². The summed E-state index contributed by atoms with van der Waals surface area (Å²) in [6.07, 6.45) is 1.79. The van der Waals surface area contributed by atoms with Gasteiger partial charge in [-0.15, -0.1) is 0 Å². The van der Waals surface area contributed by atoms with E-state index in [0.717, 1.165) is 41.5 Å². The highest BCUT2D eigenvalue weighted by atomic mass is 16.5. The molecule has 0 aliphatic rings. The van der Waals surface area contributed by atoms with Crippen LogP contribution in [0, 0.1) is 0 Å². The van der Waals surface area contributed by atoms with Crippen molar-refractivity contribution in [3.05, 3.63) is 66.2 Å². The number of rotatable bonds is 8. The third-order valence-corrected chi connectivity index (χ3v) is 4.27. The molecule has 0 bridgehead atoms. The van der Waals surface area contributed by atoms with Crippen LogP contribution in [0.3, 0.4) is 0 Å². The van der Waals surface area contributed by atoms with Crippen LogP contribution in [0.25, 0.3) is 11.3 Å². The lowest BCUT2D eigenvalue weighted by atomic mass is 10.2. The van der Waals surface area contributed by atoms with Crippen LogP contribution in [-0.2, 0) is 13.1 Å². The van der Waals surface area contributed by atoms with Gasteiger partial charge < -0.3 is 13.9 Å². The van der Waals surface area contributed by atoms with Gasteiger partial charge in [-0.05, 0) is 24.2 Å². The van der Waals surface area contributed by atoms with Crippen molar-refractivity contribution in [2.75, 3.05) is 20.8 Å². The minimum absolute atomic E-state index is 0.650. The summed E-state index contributed by atoms with van der Waals surface area (Å²) in [7, 11) is 3.29. The zero-order chi connectivity index (χ0) is 18.4. The average molecular weight is 352 g/mol. The summed E-state index contributed by atoms with van der Waals surface area (Å²) < 4.78 is 16.6. The third-order valence-electron chi connectivity index (χ3n) is 4.27. The molecule has 1 aromatic heterocycles. The van der Waals surface area contributed by atoms with Gasteiger partial charge in [0.2, 0.25) is 5.89 Å². The second-order valence-electron chi connectivity index (χ2n) is 5.98. The first kappa shape index (κ1) is 18.0. The number of ether oxygens (including phenoxy) is 2. The van der Waals surface area contributed by atoms with Gasteiger partial charge in [0.1, 0.15) is 0 Å². The average Bonchev–Trinajstić information content (AvgIpc) is 3.16. The van der Waals surface area contributed by atoms with Crippen LogP contribution < -0.4 is 9.47 Å². The Morgan fingerprint density at radius 1 is 0.962 bits per heavy atom. The molecule has 1 heterocycles. The number of aromatic nitrogens is 1. The van der Waals surface area contributed by atoms with Gasteiger partial charge in [0.05, 0.1) is 27.0 Å². The molecule has 26 heavy (non-hydrogen) atoms. The van der Waals surface area contributed by atoms with E-state index in [9.17, 15) is 0 Å². The summed E-state index contributed by atoms with van der Waals surface area (Å²) in [5, 5.41) is 0. The van der Waals surface area contributed by atoms with Crippen LogP contribution in [0.1, 0.15) is 18.4 Å². The van der Waals surface area contributed by atoms with Gasteiger partial charge in [-0.2, -0.15) is 0 Å². The van der Waals surface area contributed by atoms with E-state index in [1.807, 2.05) is 42.5 Å². The Hall–Kier alpha value is -2.79. The standard InChI is InChI=1S/C21H24N2O3/c1-4-23(14-16-10-11-18(24-2)19(12-16)25-3)15-21-22-13-20(26-21)17-8-6-5-7-9-17/h5-13H,4,14-15H2,1-3H3. The van der Waals surface area contributed by atoms with Crippen molar-refractivity contribution in [3.63, 3.8) is 0 Å². The zero-order valence-electron chi connectivity index (χ0n) is 15.4. The van der Waals surface area contributed by atoms with E-state index >= 15 is 0 Å². The molecule has 0 radical (unpaired) electrons. The molecule has 0 aliphatic carbocycles. The monoisotopic (exact) mass is 352 g/mol. The van der Waals surface area contributed by atoms with Crippen LogP contribution in [0.5, 0.6) is 11.5 Å². The predicted molar refractivity (Wildman–Crippen MR) is 101 cm³/mol. The highest BCUT2D eigenvalue weighted by molar-refractivity contribution is 5.55. The highest BCUT2D eigenvalue weighted by Gasteiger charge is 2.12. The SMILES string of the molecule is CCN(Cc1ccc(OC)c(OC)c1)Cc1ncc(-c2ccccc2)o1. The summed E-state index contributed by atoms with van der Waals surface area (Å²) in [4.78, 5) is 6.70. The van der Waals surface area contributed by atoms with Crippen LogP contribution in [0.2, 0.25) is 0 Å². The molecule has 5 nitrogen and oxygen atoms in total. The van der Waals surface area contributed by atoms with E-state index in [2.05, 4.69) is 22.9 Å². The summed E-state index contributed by atoms with van der Waals surface area (Å²) in [6.45, 7) is 4.44. The molecule has 3 rings (SSSR count). The molecule has 2 aromatic carbocycles. The van der Waals surface area contributed by atoms with Crippen molar-refractivity contribution >= 4 is 0 Å². The number of nitrogens with zero attached hydrogens (tertiary/aromatic N) is 2. The lowest BCUT2D eigenvalue weighted by molar-refractivity contribution is 0.243. The van der Waals surface area contributed by atoms with Crippen LogP contribution in [-0.4, -0.2) is 30.6 Å². The van der Waals surface area contributed by atoms with Crippen molar-refractivity contribution < 1.29 is 13.9 Å². The fourth-order valence-electron chi connectivity index (χ4n) is 2.83. The number of methoxy groups -OCH3 is 2. The normalized spacial score (nSPS) is 10.9. The van der Waals surface area contributed by atoms with E-state index in [-0.39, 0.29) is 0 Å². The first-order valence-corrected chi connectivity index (χ1v) is 8.67. The minimum Gasteiger partial charge on any atom is -0.493 e. The van der Waals surface area contributed by atoms with E-state index in [1.54, 1.807) is 20.4 Å². The number of hydrogen-bond acceptors (Lipinski definition) is 5. The van der Waals surface area contributed by atoms with Crippen molar-refractivity contribution in [3.8, 4) is 22.8 Å². The Kier molecular flexibility index (Phi) is 5.92. The van der Waals surface area contributed by atoms with Crippen LogP contribution in [0.15, 0.2) is 59.1 Å². The van der Waals surface area contributed by atoms with Crippen LogP contribution in [0.4, 0.5) is 0 Å². The van der Waals surface area contributed by atoms with Crippen LogP contribution >= 0.6 is 0 Å². The molecule has 5 heteroatoms. The smallest absolute Gasteiger partial charge is 0.209 e. The lowest BCUT2D eigenvalue weighted by Gasteiger charge is -2.19. The molecule has 136 valence electrons. The Bertz CT molecular complexity index is 830. The molecular weight excluding hydrogens is 328 g/mol. The van der Waals surface area contributed by atoms with E-state index < -0.39 is 0 Å². The number of benzene rings is 2. The summed E-state index contributed by atoms with van der Waals surface area (Å²) in [6, 6.07) is 16.0. The van der Waals surface area contributed by atoms with Gasteiger partial charge in [-0.1, -0.05) is 43.3 Å². The van der Waals surface area contributed by atoms with Gasteiger partial charge in [0.25, 0.3) is 0 Å². The molecule has 0 aliphatic heterocycles. The highest BCUT2D eigenvalue weighted by Crippen LogP contribution is 2.28. The fourth-order valence-corrected chi connectivity index (χ4v) is 2.83. The number of hydrogen-bond donors (Lipinski definition) is 0. The Balaban J connectivity index is 1.69. The van der Waals surface area contributed by atoms with Gasteiger partial charge in [0.15, 0.2) is 17.3 Å². The molecule has 0 amide bonds. The molecule has 0 fully saturated rings. The largest absolute Gasteiger partial charge is 0.493 e. The molecule has 3 aromatic rings. The predicted octanol–water partition coefficient (Wildman–Crippen LogP) is 4.38. The van der Waals surface area contributed by atoms with Gasteiger partial charge in [-0.25, -0.2) is 4.98 Å². The number of oxazole rings is 1. The molecular formula is C21H24N2O3. The Morgan fingerprint density at radius 3 is 2.42 bits per heavy atom. The minimum atomic E-state index is 0.650. The molecule has 0 atom stereocenters. The molecule has 0 N–H and O–H groups in total. The first-order valence-electron chi connectivity index (χ1n) is 8.67. The van der Waals surface area contributed by atoms with Gasteiger partial charge >= 0.3 is 0 Å². The maximum Gasteiger partial charge on any atom is 0.209 e. The van der Waals surface area contributed by atoms with Crippen molar-refractivity contribution in [2.45, 2.75) is 20.0 Å². The van der Waals surface area contributed by atoms with Crippen molar-refractivity contribution in [1.82, 2.24) is 9.88 Å². The fraction of sp³-hybridized carbons (Fsp3) is 0.286. The summed E-state index contributed by atoms with van der Waals surface area (Å²) in [5.74, 6) is 2.98. The maximum absolute atomic E-state index is 5.92. The first-order chi connectivity index (χ1) is 12.7.